The lowest BCUT2D eigenvalue weighted by Crippen LogP contribution is -2.30. The highest BCUT2D eigenvalue weighted by atomic mass is 32.2. The van der Waals surface area contributed by atoms with Gasteiger partial charge in [0.25, 0.3) is 0 Å². The molecule has 0 N–H and O–H groups in total. The fourth-order valence-electron chi connectivity index (χ4n) is 2.99. The van der Waals surface area contributed by atoms with E-state index in [1.807, 2.05) is 0 Å². The van der Waals surface area contributed by atoms with Crippen LogP contribution in [0.5, 0.6) is 0 Å². The van der Waals surface area contributed by atoms with Crippen molar-refractivity contribution in [3.63, 3.8) is 0 Å². The standard InChI is InChI=1S/C19H25N5O5S2/c1-5-23(6-2)31(27,28)17-10-11-18-19(13-17)24(21-20-18)29-14-15-8-7-9-16(12-15)30(25,26)22(3)4/h7-13H,5-6,14H2,1-4H3. The van der Waals surface area contributed by atoms with Crippen molar-refractivity contribution in [1.82, 2.24) is 23.8 Å². The summed E-state index contributed by atoms with van der Waals surface area (Å²) in [4.78, 5) is 7.09. The zero-order chi connectivity index (χ0) is 22.8. The Morgan fingerprint density at radius 3 is 2.26 bits per heavy atom. The molecule has 3 aromatic rings. The van der Waals surface area contributed by atoms with Crippen LogP contribution in [-0.4, -0.2) is 67.8 Å². The number of nitrogens with zero attached hydrogens (tertiary/aromatic N) is 5. The highest BCUT2D eigenvalue weighted by Crippen LogP contribution is 2.21. The zero-order valence-electron chi connectivity index (χ0n) is 17.8. The molecule has 10 nitrogen and oxygen atoms in total. The molecule has 0 saturated heterocycles. The van der Waals surface area contributed by atoms with Crippen molar-refractivity contribution in [1.29, 1.82) is 0 Å². The second-order valence-electron chi connectivity index (χ2n) is 6.91. The lowest BCUT2D eigenvalue weighted by molar-refractivity contribution is 0.0750. The first kappa shape index (κ1) is 23.1. The van der Waals surface area contributed by atoms with Crippen LogP contribution in [0.4, 0.5) is 0 Å². The van der Waals surface area contributed by atoms with E-state index < -0.39 is 20.0 Å². The number of hydrogen-bond donors (Lipinski definition) is 0. The Hall–Kier alpha value is -2.54. The van der Waals surface area contributed by atoms with E-state index in [0.29, 0.717) is 29.7 Å². The summed E-state index contributed by atoms with van der Waals surface area (Å²) in [6.45, 7) is 4.29. The van der Waals surface area contributed by atoms with Crippen molar-refractivity contribution < 1.29 is 21.7 Å². The smallest absolute Gasteiger partial charge is 0.243 e. The summed E-state index contributed by atoms with van der Waals surface area (Å²) in [5.74, 6) is 0. The van der Waals surface area contributed by atoms with E-state index in [9.17, 15) is 16.8 Å². The van der Waals surface area contributed by atoms with E-state index in [-0.39, 0.29) is 16.4 Å². The normalized spacial score (nSPS) is 12.7. The quantitative estimate of drug-likeness (QED) is 0.466. The maximum absolute atomic E-state index is 12.8. The van der Waals surface area contributed by atoms with Crippen LogP contribution in [0.3, 0.4) is 0 Å². The van der Waals surface area contributed by atoms with E-state index in [1.165, 1.54) is 42.7 Å². The third-order valence-corrected chi connectivity index (χ3v) is 8.62. The van der Waals surface area contributed by atoms with Gasteiger partial charge in [0.2, 0.25) is 20.0 Å². The topological polar surface area (TPSA) is 115 Å². The SMILES string of the molecule is CCN(CC)S(=O)(=O)c1ccc2nnn(OCc3cccc(S(=O)(=O)N(C)C)c3)c2c1. The molecule has 1 heterocycles. The van der Waals surface area contributed by atoms with Gasteiger partial charge >= 0.3 is 0 Å². The van der Waals surface area contributed by atoms with Gasteiger partial charge in [-0.25, -0.2) is 21.1 Å². The number of rotatable bonds is 9. The van der Waals surface area contributed by atoms with Gasteiger partial charge in [0.1, 0.15) is 17.6 Å². The lowest BCUT2D eigenvalue weighted by atomic mass is 10.2. The third kappa shape index (κ3) is 4.56. The largest absolute Gasteiger partial charge is 0.390 e. The maximum atomic E-state index is 12.8. The Kier molecular flexibility index (Phi) is 6.65. The molecular formula is C19H25N5O5S2. The molecule has 0 aliphatic carbocycles. The van der Waals surface area contributed by atoms with Crippen molar-refractivity contribution in [2.45, 2.75) is 30.2 Å². The summed E-state index contributed by atoms with van der Waals surface area (Å²) in [6.07, 6.45) is 0. The van der Waals surface area contributed by atoms with Crippen LogP contribution in [0.15, 0.2) is 52.3 Å². The lowest BCUT2D eigenvalue weighted by Gasteiger charge is -2.18. The fourth-order valence-corrected chi connectivity index (χ4v) is 5.44. The van der Waals surface area contributed by atoms with Gasteiger partial charge in [-0.3, -0.25) is 0 Å². The van der Waals surface area contributed by atoms with Gasteiger partial charge < -0.3 is 4.84 Å². The Balaban J connectivity index is 1.89. The zero-order valence-corrected chi connectivity index (χ0v) is 19.4. The van der Waals surface area contributed by atoms with E-state index >= 15 is 0 Å². The molecule has 168 valence electrons. The number of benzene rings is 2. The number of aromatic nitrogens is 3. The summed E-state index contributed by atoms with van der Waals surface area (Å²) in [7, 11) is -4.29. The number of sulfonamides is 2. The summed E-state index contributed by atoms with van der Waals surface area (Å²) >= 11 is 0. The van der Waals surface area contributed by atoms with Gasteiger partial charge in [-0.1, -0.05) is 30.8 Å². The molecule has 0 atom stereocenters. The van der Waals surface area contributed by atoms with Gasteiger partial charge in [0.05, 0.1) is 9.79 Å². The highest BCUT2D eigenvalue weighted by molar-refractivity contribution is 7.89. The molecule has 0 aliphatic rings. The average molecular weight is 468 g/mol. The minimum Gasteiger partial charge on any atom is -0.390 e. The fraction of sp³-hybridized carbons (Fsp3) is 0.368. The molecular weight excluding hydrogens is 442 g/mol. The van der Waals surface area contributed by atoms with Crippen LogP contribution in [0.1, 0.15) is 19.4 Å². The van der Waals surface area contributed by atoms with Crippen molar-refractivity contribution in [2.24, 2.45) is 0 Å². The van der Waals surface area contributed by atoms with Crippen molar-refractivity contribution >= 4 is 31.1 Å². The summed E-state index contributed by atoms with van der Waals surface area (Å²) in [6, 6.07) is 10.9. The number of hydrogen-bond acceptors (Lipinski definition) is 7. The molecule has 12 heteroatoms. The van der Waals surface area contributed by atoms with Gasteiger partial charge in [-0.05, 0) is 41.1 Å². The molecule has 1 aromatic heterocycles. The van der Waals surface area contributed by atoms with Gasteiger partial charge in [-0.2, -0.15) is 4.31 Å². The van der Waals surface area contributed by atoms with Crippen molar-refractivity contribution in [3.8, 4) is 0 Å². The second-order valence-corrected chi connectivity index (χ2v) is 11.0. The molecule has 0 aliphatic heterocycles. The van der Waals surface area contributed by atoms with Crippen molar-refractivity contribution in [3.05, 3.63) is 48.0 Å². The molecule has 0 saturated carbocycles. The Morgan fingerprint density at radius 2 is 1.61 bits per heavy atom. The Bertz CT molecular complexity index is 1280. The summed E-state index contributed by atoms with van der Waals surface area (Å²) in [5, 5.41) is 7.92. The first-order valence-corrected chi connectivity index (χ1v) is 12.5. The highest BCUT2D eigenvalue weighted by Gasteiger charge is 2.23. The van der Waals surface area contributed by atoms with Crippen LogP contribution >= 0.6 is 0 Å². The third-order valence-electron chi connectivity index (χ3n) is 4.76. The first-order chi connectivity index (χ1) is 14.6. The molecule has 31 heavy (non-hydrogen) atoms. The van der Waals surface area contributed by atoms with E-state index in [2.05, 4.69) is 10.3 Å². The van der Waals surface area contributed by atoms with Crippen LogP contribution in [-0.2, 0) is 26.7 Å². The van der Waals surface area contributed by atoms with Crippen LogP contribution in [0.25, 0.3) is 11.0 Å². The van der Waals surface area contributed by atoms with Gasteiger partial charge in [0, 0.05) is 27.2 Å². The Morgan fingerprint density at radius 1 is 0.935 bits per heavy atom. The summed E-state index contributed by atoms with van der Waals surface area (Å²) < 4.78 is 52.8. The van der Waals surface area contributed by atoms with E-state index in [4.69, 9.17) is 4.84 Å². The van der Waals surface area contributed by atoms with Crippen LogP contribution in [0, 0.1) is 0 Å². The van der Waals surface area contributed by atoms with Gasteiger partial charge in [-0.15, -0.1) is 5.10 Å². The van der Waals surface area contributed by atoms with Gasteiger partial charge in [0.15, 0.2) is 0 Å². The molecule has 0 amide bonds. The van der Waals surface area contributed by atoms with E-state index in [1.54, 1.807) is 32.0 Å². The first-order valence-electron chi connectivity index (χ1n) is 9.61. The minimum atomic E-state index is -3.65. The summed E-state index contributed by atoms with van der Waals surface area (Å²) in [5.41, 5.74) is 1.48. The molecule has 0 radical (unpaired) electrons. The predicted octanol–water partition coefficient (Wildman–Crippen LogP) is 1.34. The Labute approximate surface area is 182 Å². The van der Waals surface area contributed by atoms with E-state index in [0.717, 1.165) is 9.15 Å². The predicted molar refractivity (Wildman–Crippen MR) is 115 cm³/mol. The van der Waals surface area contributed by atoms with Crippen LogP contribution in [0.2, 0.25) is 0 Å². The second kappa shape index (κ2) is 8.91. The molecule has 0 bridgehead atoms. The molecule has 0 unspecified atom stereocenters. The molecule has 0 fully saturated rings. The van der Waals surface area contributed by atoms with Crippen LogP contribution < -0.4 is 4.84 Å². The number of fused-ring (bicyclic) bond motifs is 1. The molecule has 3 rings (SSSR count). The average Bonchev–Trinajstić information content (AvgIpc) is 3.15. The minimum absolute atomic E-state index is 0.0161. The molecule has 2 aromatic carbocycles. The molecule has 0 spiro atoms. The van der Waals surface area contributed by atoms with Crippen molar-refractivity contribution in [2.75, 3.05) is 27.2 Å². The monoisotopic (exact) mass is 467 g/mol. The maximum Gasteiger partial charge on any atom is 0.243 e.